The van der Waals surface area contributed by atoms with E-state index in [0.717, 1.165) is 30.0 Å². The van der Waals surface area contributed by atoms with Gasteiger partial charge in [0.05, 0.1) is 14.2 Å². The molecule has 5 heteroatoms. The highest BCUT2D eigenvalue weighted by atomic mass is 16.5. The largest absolute Gasteiger partial charge is 0.493 e. The van der Waals surface area contributed by atoms with Crippen LogP contribution in [0.25, 0.3) is 0 Å². The summed E-state index contributed by atoms with van der Waals surface area (Å²) in [6.07, 6.45) is 5.50. The Morgan fingerprint density at radius 2 is 2.23 bits per heavy atom. The third-order valence-corrected chi connectivity index (χ3v) is 5.12. The van der Waals surface area contributed by atoms with E-state index in [1.807, 2.05) is 18.2 Å². The Bertz CT molecular complexity index is 610. The van der Waals surface area contributed by atoms with Crippen LogP contribution in [0, 0.1) is 11.8 Å². The van der Waals surface area contributed by atoms with Gasteiger partial charge in [0, 0.05) is 18.5 Å². The molecular formula is C21H32N2O3. The van der Waals surface area contributed by atoms with Crippen LogP contribution in [0.4, 0.5) is 0 Å². The molecule has 2 rings (SSSR count). The SMILES string of the molecule is C=CCc1cc(CNC(=O)CC(C)C2CCCNC2)cc(OC)c1OC. The molecule has 0 saturated carbocycles. The van der Waals surface area contributed by atoms with Gasteiger partial charge in [-0.1, -0.05) is 13.0 Å². The van der Waals surface area contributed by atoms with Gasteiger partial charge >= 0.3 is 0 Å². The number of hydrogen-bond donors (Lipinski definition) is 2. The number of ether oxygens (including phenoxy) is 2. The van der Waals surface area contributed by atoms with Gasteiger partial charge in [-0.15, -0.1) is 6.58 Å². The minimum Gasteiger partial charge on any atom is -0.493 e. The second-order valence-electron chi connectivity index (χ2n) is 7.05. The lowest BCUT2D eigenvalue weighted by molar-refractivity contribution is -0.122. The summed E-state index contributed by atoms with van der Waals surface area (Å²) in [5, 5.41) is 6.47. The molecule has 0 bridgehead atoms. The van der Waals surface area contributed by atoms with Crippen LogP contribution in [-0.2, 0) is 17.8 Å². The number of hydrogen-bond acceptors (Lipinski definition) is 4. The van der Waals surface area contributed by atoms with E-state index in [1.54, 1.807) is 14.2 Å². The molecular weight excluding hydrogens is 328 g/mol. The van der Waals surface area contributed by atoms with Crippen molar-refractivity contribution in [1.82, 2.24) is 10.6 Å². The van der Waals surface area contributed by atoms with Gasteiger partial charge in [0.1, 0.15) is 0 Å². The standard InChI is InChI=1S/C21H32N2O3/c1-5-7-17-11-16(12-19(25-3)21(17)26-4)13-23-20(24)10-15(2)18-8-6-9-22-14-18/h5,11-12,15,18,22H,1,6-10,13-14H2,2-4H3,(H,23,24). The lowest BCUT2D eigenvalue weighted by Crippen LogP contribution is -2.35. The average molecular weight is 360 g/mol. The zero-order valence-corrected chi connectivity index (χ0v) is 16.3. The van der Waals surface area contributed by atoms with Crippen LogP contribution in [0.15, 0.2) is 24.8 Å². The summed E-state index contributed by atoms with van der Waals surface area (Å²) in [6, 6.07) is 3.96. The summed E-state index contributed by atoms with van der Waals surface area (Å²) in [5.41, 5.74) is 2.01. The summed E-state index contributed by atoms with van der Waals surface area (Å²) in [7, 11) is 3.26. The van der Waals surface area contributed by atoms with E-state index in [1.165, 1.54) is 12.8 Å². The van der Waals surface area contributed by atoms with Crippen LogP contribution >= 0.6 is 0 Å². The Labute approximate surface area is 157 Å². The molecule has 2 unspecified atom stereocenters. The van der Waals surface area contributed by atoms with Crippen LogP contribution < -0.4 is 20.1 Å². The first-order chi connectivity index (χ1) is 12.6. The highest BCUT2D eigenvalue weighted by molar-refractivity contribution is 5.76. The Balaban J connectivity index is 1.96. The van der Waals surface area contributed by atoms with Crippen molar-refractivity contribution in [2.45, 2.75) is 39.2 Å². The molecule has 1 amide bonds. The molecule has 1 aliphatic heterocycles. The maximum absolute atomic E-state index is 12.4. The van der Waals surface area contributed by atoms with E-state index in [0.29, 0.717) is 37.0 Å². The molecule has 0 aliphatic carbocycles. The summed E-state index contributed by atoms with van der Waals surface area (Å²) in [6.45, 7) is 8.58. The van der Waals surface area contributed by atoms with E-state index in [2.05, 4.69) is 24.1 Å². The molecule has 2 atom stereocenters. The number of rotatable bonds is 9. The Hall–Kier alpha value is -2.01. The molecule has 26 heavy (non-hydrogen) atoms. The van der Waals surface area contributed by atoms with E-state index < -0.39 is 0 Å². The van der Waals surface area contributed by atoms with Gasteiger partial charge < -0.3 is 20.1 Å². The van der Waals surface area contributed by atoms with Crippen molar-refractivity contribution >= 4 is 5.91 Å². The van der Waals surface area contributed by atoms with E-state index in [9.17, 15) is 4.79 Å². The molecule has 1 fully saturated rings. The highest BCUT2D eigenvalue weighted by Gasteiger charge is 2.22. The number of benzene rings is 1. The average Bonchev–Trinajstić information content (AvgIpc) is 2.66. The number of carbonyl (C=O) groups is 1. The molecule has 0 radical (unpaired) electrons. The van der Waals surface area contributed by atoms with Crippen LogP contribution in [0.3, 0.4) is 0 Å². The monoisotopic (exact) mass is 360 g/mol. The fourth-order valence-electron chi connectivity index (χ4n) is 3.61. The summed E-state index contributed by atoms with van der Waals surface area (Å²) < 4.78 is 10.9. The summed E-state index contributed by atoms with van der Waals surface area (Å²) >= 11 is 0. The number of amides is 1. The fourth-order valence-corrected chi connectivity index (χ4v) is 3.61. The van der Waals surface area contributed by atoms with Crippen molar-refractivity contribution in [3.8, 4) is 11.5 Å². The van der Waals surface area contributed by atoms with Crippen molar-refractivity contribution in [1.29, 1.82) is 0 Å². The highest BCUT2D eigenvalue weighted by Crippen LogP contribution is 2.33. The maximum Gasteiger partial charge on any atom is 0.220 e. The van der Waals surface area contributed by atoms with Crippen molar-refractivity contribution in [2.75, 3.05) is 27.3 Å². The Morgan fingerprint density at radius 1 is 1.42 bits per heavy atom. The number of carbonyl (C=O) groups excluding carboxylic acids is 1. The fraction of sp³-hybridized carbons (Fsp3) is 0.571. The van der Waals surface area contributed by atoms with Crippen molar-refractivity contribution in [2.24, 2.45) is 11.8 Å². The number of piperidine rings is 1. The van der Waals surface area contributed by atoms with Gasteiger partial charge in [-0.05, 0) is 61.9 Å². The lowest BCUT2D eigenvalue weighted by atomic mass is 9.85. The Morgan fingerprint density at radius 3 is 2.85 bits per heavy atom. The van der Waals surface area contributed by atoms with Crippen molar-refractivity contribution < 1.29 is 14.3 Å². The smallest absolute Gasteiger partial charge is 0.220 e. The maximum atomic E-state index is 12.4. The number of allylic oxidation sites excluding steroid dienone is 1. The van der Waals surface area contributed by atoms with E-state index >= 15 is 0 Å². The number of methoxy groups -OCH3 is 2. The first-order valence-electron chi connectivity index (χ1n) is 9.41. The van der Waals surface area contributed by atoms with Crippen LogP contribution in [0.2, 0.25) is 0 Å². The summed E-state index contributed by atoms with van der Waals surface area (Å²) in [5.74, 6) is 2.49. The van der Waals surface area contributed by atoms with Crippen LogP contribution in [0.5, 0.6) is 11.5 Å². The second kappa shape index (κ2) is 10.2. The van der Waals surface area contributed by atoms with Gasteiger partial charge in [0.25, 0.3) is 0 Å². The van der Waals surface area contributed by atoms with Crippen LogP contribution in [0.1, 0.15) is 37.3 Å². The second-order valence-corrected chi connectivity index (χ2v) is 7.05. The molecule has 1 heterocycles. The number of nitrogens with one attached hydrogen (secondary N) is 2. The quantitative estimate of drug-likeness (QED) is 0.665. The third kappa shape index (κ3) is 5.49. The van der Waals surface area contributed by atoms with Crippen molar-refractivity contribution in [3.05, 3.63) is 35.9 Å². The molecule has 1 aliphatic rings. The van der Waals surface area contributed by atoms with Gasteiger partial charge in [-0.25, -0.2) is 0 Å². The third-order valence-electron chi connectivity index (χ3n) is 5.12. The van der Waals surface area contributed by atoms with Gasteiger partial charge in [-0.3, -0.25) is 4.79 Å². The van der Waals surface area contributed by atoms with Crippen LogP contribution in [-0.4, -0.2) is 33.2 Å². The predicted octanol–water partition coefficient (Wildman–Crippen LogP) is 3.07. The predicted molar refractivity (Wildman–Crippen MR) is 105 cm³/mol. The molecule has 1 saturated heterocycles. The molecule has 0 spiro atoms. The first-order valence-corrected chi connectivity index (χ1v) is 9.41. The normalized spacial score (nSPS) is 18.0. The molecule has 1 aromatic carbocycles. The molecule has 0 aromatic heterocycles. The lowest BCUT2D eigenvalue weighted by Gasteiger charge is -2.28. The molecule has 2 N–H and O–H groups in total. The summed E-state index contributed by atoms with van der Waals surface area (Å²) in [4.78, 5) is 12.4. The van der Waals surface area contributed by atoms with E-state index in [4.69, 9.17) is 9.47 Å². The van der Waals surface area contributed by atoms with Crippen molar-refractivity contribution in [3.63, 3.8) is 0 Å². The molecule has 144 valence electrons. The minimum atomic E-state index is 0.100. The minimum absolute atomic E-state index is 0.100. The Kier molecular flexibility index (Phi) is 7.98. The molecule has 5 nitrogen and oxygen atoms in total. The van der Waals surface area contributed by atoms with Gasteiger partial charge in [0.2, 0.25) is 5.91 Å². The van der Waals surface area contributed by atoms with Gasteiger partial charge in [0.15, 0.2) is 11.5 Å². The zero-order valence-electron chi connectivity index (χ0n) is 16.3. The van der Waals surface area contributed by atoms with E-state index in [-0.39, 0.29) is 5.91 Å². The van der Waals surface area contributed by atoms with Gasteiger partial charge in [-0.2, -0.15) is 0 Å². The zero-order chi connectivity index (χ0) is 18.9. The molecule has 1 aromatic rings. The topological polar surface area (TPSA) is 59.6 Å². The first kappa shape index (κ1) is 20.3.